The highest BCUT2D eigenvalue weighted by molar-refractivity contribution is 5.03. The van der Waals surface area contributed by atoms with E-state index in [9.17, 15) is 0 Å². The van der Waals surface area contributed by atoms with Crippen LogP contribution in [0.15, 0.2) is 10.2 Å². The summed E-state index contributed by atoms with van der Waals surface area (Å²) in [6.07, 6.45) is 4.87. The molecule has 0 amide bonds. The molecule has 0 N–H and O–H groups in total. The Hall–Kier alpha value is -1.42. The molecule has 0 aliphatic heterocycles. The van der Waals surface area contributed by atoms with Crippen molar-refractivity contribution in [3.8, 4) is 12.1 Å². The highest BCUT2D eigenvalue weighted by atomic mass is 15.1. The molecule has 0 aromatic heterocycles. The lowest BCUT2D eigenvalue weighted by Crippen LogP contribution is -2.34. The van der Waals surface area contributed by atoms with E-state index in [0.717, 1.165) is 32.1 Å². The van der Waals surface area contributed by atoms with E-state index in [1.165, 1.54) is 0 Å². The Balaban J connectivity index is 2.50. The summed E-state index contributed by atoms with van der Waals surface area (Å²) >= 11 is 0. The van der Waals surface area contributed by atoms with Crippen molar-refractivity contribution in [3.05, 3.63) is 0 Å². The molecule has 4 nitrogen and oxygen atoms in total. The van der Waals surface area contributed by atoms with Gasteiger partial charge in [-0.3, -0.25) is 0 Å². The molecule has 0 spiro atoms. The van der Waals surface area contributed by atoms with Crippen molar-refractivity contribution < 1.29 is 0 Å². The summed E-state index contributed by atoms with van der Waals surface area (Å²) in [4.78, 5) is 0. The van der Waals surface area contributed by atoms with Crippen molar-refractivity contribution in [1.29, 1.82) is 10.5 Å². The summed E-state index contributed by atoms with van der Waals surface area (Å²) in [7, 11) is 0. The minimum absolute atomic E-state index is 0.00612. The lowest BCUT2D eigenvalue weighted by Gasteiger charge is -2.32. The molecule has 1 aliphatic carbocycles. The van der Waals surface area contributed by atoms with Gasteiger partial charge in [-0.2, -0.15) is 20.8 Å². The van der Waals surface area contributed by atoms with Crippen molar-refractivity contribution in [2.45, 2.75) is 51.5 Å². The van der Waals surface area contributed by atoms with Gasteiger partial charge >= 0.3 is 0 Å². The second-order valence-electron chi connectivity index (χ2n) is 5.07. The molecule has 0 radical (unpaired) electrons. The maximum atomic E-state index is 9.11. The van der Waals surface area contributed by atoms with Crippen LogP contribution in [0.1, 0.15) is 46.0 Å². The van der Waals surface area contributed by atoms with Crippen LogP contribution >= 0.6 is 0 Å². The molecule has 1 saturated carbocycles. The van der Waals surface area contributed by atoms with E-state index in [0.29, 0.717) is 6.54 Å². The second-order valence-corrected chi connectivity index (χ2v) is 5.07. The van der Waals surface area contributed by atoms with E-state index < -0.39 is 0 Å². The minimum atomic E-state index is -0.303. The number of hydrogen-bond acceptors (Lipinski definition) is 4. The SMILES string of the molecule is CC(C#N)CCN=NC1(C)CCCCC1C#N. The molecule has 1 fully saturated rings. The van der Waals surface area contributed by atoms with Gasteiger partial charge in [-0.25, -0.2) is 0 Å². The monoisotopic (exact) mass is 232 g/mol. The van der Waals surface area contributed by atoms with Gasteiger partial charge in [0.2, 0.25) is 0 Å². The first kappa shape index (κ1) is 13.6. The topological polar surface area (TPSA) is 72.3 Å². The third-order valence-electron chi connectivity index (χ3n) is 3.51. The van der Waals surface area contributed by atoms with E-state index in [4.69, 9.17) is 10.5 Å². The van der Waals surface area contributed by atoms with Gasteiger partial charge < -0.3 is 0 Å². The summed E-state index contributed by atoms with van der Waals surface area (Å²) in [5.41, 5.74) is -0.303. The van der Waals surface area contributed by atoms with Crippen molar-refractivity contribution in [3.63, 3.8) is 0 Å². The van der Waals surface area contributed by atoms with E-state index >= 15 is 0 Å². The molecular weight excluding hydrogens is 212 g/mol. The maximum absolute atomic E-state index is 9.11. The van der Waals surface area contributed by atoms with E-state index in [1.54, 1.807) is 0 Å². The first-order chi connectivity index (χ1) is 8.12. The van der Waals surface area contributed by atoms with Crippen molar-refractivity contribution in [1.82, 2.24) is 0 Å². The molecule has 17 heavy (non-hydrogen) atoms. The number of azo groups is 1. The van der Waals surface area contributed by atoms with Crippen LogP contribution in [0.5, 0.6) is 0 Å². The lowest BCUT2D eigenvalue weighted by atomic mass is 9.75. The smallest absolute Gasteiger partial charge is 0.0945 e. The van der Waals surface area contributed by atoms with Gasteiger partial charge in [-0.05, 0) is 33.1 Å². The fourth-order valence-corrected chi connectivity index (χ4v) is 2.17. The normalized spacial score (nSPS) is 30.7. The molecule has 1 rings (SSSR count). The number of nitriles is 2. The third kappa shape index (κ3) is 3.82. The highest BCUT2D eigenvalue weighted by Gasteiger charge is 2.36. The third-order valence-corrected chi connectivity index (χ3v) is 3.51. The average Bonchev–Trinajstić information content (AvgIpc) is 2.35. The molecule has 0 heterocycles. The second kappa shape index (κ2) is 6.35. The van der Waals surface area contributed by atoms with Crippen LogP contribution in [0.3, 0.4) is 0 Å². The predicted molar refractivity (Wildman–Crippen MR) is 65.1 cm³/mol. The minimum Gasteiger partial charge on any atom is -0.198 e. The molecule has 92 valence electrons. The fraction of sp³-hybridized carbons (Fsp3) is 0.846. The van der Waals surface area contributed by atoms with E-state index in [2.05, 4.69) is 22.4 Å². The largest absolute Gasteiger partial charge is 0.198 e. The molecule has 3 atom stereocenters. The summed E-state index contributed by atoms with van der Waals surface area (Å²) in [6.45, 7) is 4.50. The van der Waals surface area contributed by atoms with E-state index in [-0.39, 0.29) is 17.4 Å². The van der Waals surface area contributed by atoms with Gasteiger partial charge in [0.05, 0.1) is 30.1 Å². The maximum Gasteiger partial charge on any atom is 0.0945 e. The Morgan fingerprint density at radius 1 is 1.41 bits per heavy atom. The molecule has 0 saturated heterocycles. The molecule has 4 heteroatoms. The lowest BCUT2D eigenvalue weighted by molar-refractivity contribution is 0.248. The molecule has 1 aliphatic rings. The van der Waals surface area contributed by atoms with Crippen LogP contribution in [0.2, 0.25) is 0 Å². The zero-order valence-corrected chi connectivity index (χ0v) is 10.7. The Labute approximate surface area is 103 Å². The fourth-order valence-electron chi connectivity index (χ4n) is 2.17. The van der Waals surface area contributed by atoms with Gasteiger partial charge in [0.1, 0.15) is 0 Å². The standard InChI is InChI=1S/C13H20N4/c1-11(9-14)6-8-16-17-13(2)7-4-3-5-12(13)10-15/h11-12H,3-8H2,1-2H3. The van der Waals surface area contributed by atoms with Crippen molar-refractivity contribution in [2.75, 3.05) is 6.54 Å². The molecular formula is C13H20N4. The van der Waals surface area contributed by atoms with Crippen LogP contribution in [0, 0.1) is 34.5 Å². The van der Waals surface area contributed by atoms with Crippen LogP contribution in [0.25, 0.3) is 0 Å². The molecule has 3 unspecified atom stereocenters. The molecule has 0 aromatic carbocycles. The number of nitrogens with zero attached hydrogens (tertiary/aromatic N) is 4. The van der Waals surface area contributed by atoms with Crippen LogP contribution in [0.4, 0.5) is 0 Å². The van der Waals surface area contributed by atoms with Crippen molar-refractivity contribution in [2.24, 2.45) is 22.1 Å². The number of hydrogen-bond donors (Lipinski definition) is 0. The molecule has 0 aromatic rings. The first-order valence-corrected chi connectivity index (χ1v) is 6.30. The predicted octanol–water partition coefficient (Wildman–Crippen LogP) is 3.46. The Bertz CT molecular complexity index is 349. The summed E-state index contributed by atoms with van der Waals surface area (Å²) in [6, 6.07) is 4.53. The van der Waals surface area contributed by atoms with Crippen molar-refractivity contribution >= 4 is 0 Å². The van der Waals surface area contributed by atoms with Gasteiger partial charge in [-0.15, -0.1) is 0 Å². The van der Waals surface area contributed by atoms with Crippen LogP contribution in [-0.4, -0.2) is 12.1 Å². The Kier molecular flexibility index (Phi) is 5.10. The van der Waals surface area contributed by atoms with Gasteiger partial charge in [0, 0.05) is 5.92 Å². The van der Waals surface area contributed by atoms with Gasteiger partial charge in [0.25, 0.3) is 0 Å². The average molecular weight is 232 g/mol. The molecule has 0 bridgehead atoms. The number of rotatable bonds is 4. The zero-order valence-electron chi connectivity index (χ0n) is 10.7. The first-order valence-electron chi connectivity index (χ1n) is 6.30. The summed E-state index contributed by atoms with van der Waals surface area (Å²) < 4.78 is 0. The van der Waals surface area contributed by atoms with Crippen LogP contribution in [-0.2, 0) is 0 Å². The van der Waals surface area contributed by atoms with Gasteiger partial charge in [-0.1, -0.05) is 12.8 Å². The van der Waals surface area contributed by atoms with E-state index in [1.807, 2.05) is 13.8 Å². The Morgan fingerprint density at radius 3 is 2.82 bits per heavy atom. The summed E-state index contributed by atoms with van der Waals surface area (Å²) in [5.74, 6) is 0.0215. The highest BCUT2D eigenvalue weighted by Crippen LogP contribution is 2.36. The zero-order chi connectivity index (χ0) is 12.7. The Morgan fingerprint density at radius 2 is 2.18 bits per heavy atom. The summed E-state index contributed by atoms with van der Waals surface area (Å²) in [5, 5.41) is 26.3. The quantitative estimate of drug-likeness (QED) is 0.696. The van der Waals surface area contributed by atoms with Gasteiger partial charge in [0.15, 0.2) is 0 Å². The van der Waals surface area contributed by atoms with Crippen LogP contribution < -0.4 is 0 Å².